The molecule has 7 nitrogen and oxygen atoms in total. The average Bonchev–Trinajstić information content (AvgIpc) is 3.28. The fourth-order valence-corrected chi connectivity index (χ4v) is 3.47. The summed E-state index contributed by atoms with van der Waals surface area (Å²) in [6.45, 7) is 6.52. The van der Waals surface area contributed by atoms with Crippen LogP contribution in [0.3, 0.4) is 0 Å². The Hall–Kier alpha value is -1.06. The van der Waals surface area contributed by atoms with E-state index in [1.54, 1.807) is 7.05 Å². The van der Waals surface area contributed by atoms with Crippen molar-refractivity contribution in [2.75, 3.05) is 33.2 Å². The van der Waals surface area contributed by atoms with E-state index in [1.165, 1.54) is 12.8 Å². The maximum atomic E-state index is 12.5. The molecule has 0 bridgehead atoms. The first kappa shape index (κ1) is 23.0. The fraction of sp³-hybridized carbons (Fsp3) is 0.833. The summed E-state index contributed by atoms with van der Waals surface area (Å²) in [4.78, 5) is 30.2. The summed E-state index contributed by atoms with van der Waals surface area (Å²) in [6, 6.07) is 0.238. The highest BCUT2D eigenvalue weighted by Crippen LogP contribution is 2.27. The van der Waals surface area contributed by atoms with Gasteiger partial charge in [0.15, 0.2) is 5.96 Å². The minimum absolute atomic E-state index is 0. The van der Waals surface area contributed by atoms with Gasteiger partial charge in [-0.15, -0.1) is 24.0 Å². The second-order valence-corrected chi connectivity index (χ2v) is 7.34. The quantitative estimate of drug-likeness (QED) is 0.232. The van der Waals surface area contributed by atoms with Crippen LogP contribution in [0.4, 0.5) is 0 Å². The number of aliphatic imine (C=N–C) groups is 1. The predicted octanol–water partition coefficient (Wildman–Crippen LogP) is 1.33. The lowest BCUT2D eigenvalue weighted by Crippen LogP contribution is -2.47. The molecule has 0 spiro atoms. The molecule has 2 fully saturated rings. The van der Waals surface area contributed by atoms with Crippen molar-refractivity contribution in [3.63, 3.8) is 0 Å². The first-order valence-electron chi connectivity index (χ1n) is 9.55. The van der Waals surface area contributed by atoms with Gasteiger partial charge in [-0.1, -0.05) is 26.7 Å². The van der Waals surface area contributed by atoms with Gasteiger partial charge in [0.1, 0.15) is 0 Å². The molecule has 26 heavy (non-hydrogen) atoms. The minimum atomic E-state index is -0.000635. The number of hydrogen-bond donors (Lipinski definition) is 3. The number of carbonyl (C=O) groups excluding carboxylic acids is 2. The first-order valence-corrected chi connectivity index (χ1v) is 9.55. The van der Waals surface area contributed by atoms with E-state index in [-0.39, 0.29) is 47.8 Å². The van der Waals surface area contributed by atoms with E-state index in [4.69, 9.17) is 0 Å². The zero-order valence-corrected chi connectivity index (χ0v) is 18.5. The Morgan fingerprint density at radius 3 is 2.38 bits per heavy atom. The van der Waals surface area contributed by atoms with E-state index < -0.39 is 0 Å². The van der Waals surface area contributed by atoms with E-state index in [2.05, 4.69) is 20.9 Å². The van der Waals surface area contributed by atoms with E-state index >= 15 is 0 Å². The Morgan fingerprint density at radius 1 is 1.12 bits per heavy atom. The summed E-state index contributed by atoms with van der Waals surface area (Å²) in [5.74, 6) is 1.36. The molecular formula is C18H34IN5O2. The molecule has 1 atom stereocenters. The van der Waals surface area contributed by atoms with Gasteiger partial charge in [-0.2, -0.15) is 0 Å². The zero-order chi connectivity index (χ0) is 18.2. The SMILES string of the molecule is CN=C(NCCNC(=O)C(C)C)NC1CCN(C(=O)C2CCCC2)C1.I. The first-order chi connectivity index (χ1) is 12.0. The summed E-state index contributed by atoms with van der Waals surface area (Å²) < 4.78 is 0. The van der Waals surface area contributed by atoms with E-state index in [9.17, 15) is 9.59 Å². The molecule has 1 aliphatic heterocycles. The summed E-state index contributed by atoms with van der Waals surface area (Å²) in [5, 5.41) is 9.47. The number of likely N-dealkylation sites (tertiary alicyclic amines) is 1. The monoisotopic (exact) mass is 479 g/mol. The van der Waals surface area contributed by atoms with Gasteiger partial charge in [0.05, 0.1) is 0 Å². The standard InChI is InChI=1S/C18H33N5O2.HI/c1-13(2)16(24)20-9-10-21-18(19-3)22-15-8-11-23(12-15)17(25)14-6-4-5-7-14;/h13-15H,4-12H2,1-3H3,(H,20,24)(H2,19,21,22);1H. The third kappa shape index (κ3) is 6.92. The summed E-state index contributed by atoms with van der Waals surface area (Å²) in [7, 11) is 1.73. The number of hydrogen-bond acceptors (Lipinski definition) is 3. The molecule has 2 amide bonds. The average molecular weight is 479 g/mol. The number of amides is 2. The number of halogens is 1. The summed E-state index contributed by atoms with van der Waals surface area (Å²) >= 11 is 0. The van der Waals surface area contributed by atoms with Crippen molar-refractivity contribution in [3.8, 4) is 0 Å². The Balaban J connectivity index is 0.00000338. The highest BCUT2D eigenvalue weighted by atomic mass is 127. The molecule has 2 aliphatic rings. The second kappa shape index (κ2) is 11.6. The van der Waals surface area contributed by atoms with Crippen LogP contribution in [0, 0.1) is 11.8 Å². The molecule has 0 radical (unpaired) electrons. The van der Waals surface area contributed by atoms with Crippen LogP contribution in [-0.2, 0) is 9.59 Å². The van der Waals surface area contributed by atoms with Crippen LogP contribution >= 0.6 is 24.0 Å². The smallest absolute Gasteiger partial charge is 0.225 e. The molecule has 1 aliphatic carbocycles. The molecule has 8 heteroatoms. The van der Waals surface area contributed by atoms with E-state index in [0.717, 1.165) is 38.3 Å². The van der Waals surface area contributed by atoms with Crippen molar-refractivity contribution in [1.82, 2.24) is 20.9 Å². The number of nitrogens with one attached hydrogen (secondary N) is 3. The van der Waals surface area contributed by atoms with Crippen molar-refractivity contribution < 1.29 is 9.59 Å². The lowest BCUT2D eigenvalue weighted by Gasteiger charge is -2.21. The molecular weight excluding hydrogens is 445 g/mol. The predicted molar refractivity (Wildman–Crippen MR) is 115 cm³/mol. The molecule has 0 aromatic heterocycles. The Morgan fingerprint density at radius 2 is 1.77 bits per heavy atom. The van der Waals surface area contributed by atoms with Crippen LogP contribution in [0.15, 0.2) is 4.99 Å². The third-order valence-electron chi connectivity index (χ3n) is 5.01. The molecule has 3 N–H and O–H groups in total. The molecule has 0 aromatic carbocycles. The largest absolute Gasteiger partial charge is 0.355 e. The molecule has 0 aromatic rings. The van der Waals surface area contributed by atoms with Crippen LogP contribution in [0.1, 0.15) is 46.0 Å². The van der Waals surface area contributed by atoms with Crippen LogP contribution in [0.25, 0.3) is 0 Å². The van der Waals surface area contributed by atoms with Crippen LogP contribution in [-0.4, -0.2) is 61.9 Å². The van der Waals surface area contributed by atoms with Gasteiger partial charge in [-0.25, -0.2) is 0 Å². The number of carbonyl (C=O) groups is 2. The Kier molecular flexibility index (Phi) is 10.3. The summed E-state index contributed by atoms with van der Waals surface area (Å²) in [6.07, 6.45) is 5.44. The van der Waals surface area contributed by atoms with Gasteiger partial charge in [0.25, 0.3) is 0 Å². The van der Waals surface area contributed by atoms with Crippen molar-refractivity contribution in [2.45, 2.75) is 52.0 Å². The molecule has 1 unspecified atom stereocenters. The van der Waals surface area contributed by atoms with Gasteiger partial charge < -0.3 is 20.9 Å². The minimum Gasteiger partial charge on any atom is -0.355 e. The van der Waals surface area contributed by atoms with Crippen molar-refractivity contribution in [1.29, 1.82) is 0 Å². The molecule has 1 heterocycles. The molecule has 1 saturated heterocycles. The Labute approximate surface area is 174 Å². The van der Waals surface area contributed by atoms with E-state index in [0.29, 0.717) is 19.0 Å². The lowest BCUT2D eigenvalue weighted by atomic mass is 10.1. The third-order valence-corrected chi connectivity index (χ3v) is 5.01. The molecule has 2 rings (SSSR count). The zero-order valence-electron chi connectivity index (χ0n) is 16.2. The highest BCUT2D eigenvalue weighted by Gasteiger charge is 2.32. The number of rotatable bonds is 6. The van der Waals surface area contributed by atoms with Crippen molar-refractivity contribution in [2.24, 2.45) is 16.8 Å². The number of guanidine groups is 1. The van der Waals surface area contributed by atoms with Crippen molar-refractivity contribution in [3.05, 3.63) is 0 Å². The molecule has 1 saturated carbocycles. The van der Waals surface area contributed by atoms with Gasteiger partial charge in [-0.05, 0) is 19.3 Å². The van der Waals surface area contributed by atoms with Crippen LogP contribution in [0.5, 0.6) is 0 Å². The van der Waals surface area contributed by atoms with Gasteiger partial charge in [-0.3, -0.25) is 14.6 Å². The fourth-order valence-electron chi connectivity index (χ4n) is 3.47. The van der Waals surface area contributed by atoms with Crippen molar-refractivity contribution >= 4 is 41.8 Å². The lowest BCUT2D eigenvalue weighted by molar-refractivity contribution is -0.134. The van der Waals surface area contributed by atoms with Gasteiger partial charge in [0.2, 0.25) is 11.8 Å². The second-order valence-electron chi connectivity index (χ2n) is 7.34. The molecule has 150 valence electrons. The summed E-state index contributed by atoms with van der Waals surface area (Å²) in [5.41, 5.74) is 0. The number of nitrogens with zero attached hydrogens (tertiary/aromatic N) is 2. The van der Waals surface area contributed by atoms with Crippen LogP contribution < -0.4 is 16.0 Å². The topological polar surface area (TPSA) is 85.8 Å². The highest BCUT2D eigenvalue weighted by molar-refractivity contribution is 14.0. The Bertz CT molecular complexity index is 492. The maximum Gasteiger partial charge on any atom is 0.225 e. The van der Waals surface area contributed by atoms with Gasteiger partial charge >= 0.3 is 0 Å². The maximum absolute atomic E-state index is 12.5. The van der Waals surface area contributed by atoms with Crippen LogP contribution in [0.2, 0.25) is 0 Å². The van der Waals surface area contributed by atoms with Gasteiger partial charge in [0, 0.05) is 51.1 Å². The van der Waals surface area contributed by atoms with E-state index in [1.807, 2.05) is 18.7 Å². The normalized spacial score (nSPS) is 20.8.